The molecule has 0 saturated heterocycles. The zero-order chi connectivity index (χ0) is 12.5. The van der Waals surface area contributed by atoms with Crippen molar-refractivity contribution in [2.75, 3.05) is 0 Å². The Morgan fingerprint density at radius 2 is 1.83 bits per heavy atom. The van der Waals surface area contributed by atoms with Crippen LogP contribution in [0.25, 0.3) is 5.65 Å². The second kappa shape index (κ2) is 4.42. The smallest absolute Gasteiger partial charge is 0.161 e. The van der Waals surface area contributed by atoms with Crippen molar-refractivity contribution in [3.63, 3.8) is 0 Å². The molecule has 2 aromatic heterocycles. The lowest BCUT2D eigenvalue weighted by atomic mass is 10.1. The number of benzene rings is 1. The first-order valence-corrected chi connectivity index (χ1v) is 6.16. The van der Waals surface area contributed by atoms with Crippen molar-refractivity contribution in [1.82, 2.24) is 14.6 Å². The highest BCUT2D eigenvalue weighted by Gasteiger charge is 2.08. The van der Waals surface area contributed by atoms with Gasteiger partial charge in [0, 0.05) is 6.42 Å². The number of hydrogen-bond donors (Lipinski definition) is 0. The molecule has 0 fully saturated rings. The van der Waals surface area contributed by atoms with E-state index in [0.717, 1.165) is 17.9 Å². The molecule has 0 amide bonds. The van der Waals surface area contributed by atoms with Gasteiger partial charge in [-0.15, -0.1) is 10.2 Å². The predicted octanol–water partition coefficient (Wildman–Crippen LogP) is 3.28. The minimum Gasteiger partial charge on any atom is -0.269 e. The first-order valence-electron chi connectivity index (χ1n) is 5.78. The Hall–Kier alpha value is -1.87. The summed E-state index contributed by atoms with van der Waals surface area (Å²) in [5.74, 6) is 0.861. The summed E-state index contributed by atoms with van der Waals surface area (Å²) >= 11 is 6.18. The van der Waals surface area contributed by atoms with Crippen LogP contribution in [0.2, 0.25) is 5.15 Å². The van der Waals surface area contributed by atoms with E-state index in [4.69, 9.17) is 11.6 Å². The van der Waals surface area contributed by atoms with Crippen LogP contribution in [0.3, 0.4) is 0 Å². The topological polar surface area (TPSA) is 30.2 Å². The van der Waals surface area contributed by atoms with E-state index in [2.05, 4.69) is 41.4 Å². The zero-order valence-corrected chi connectivity index (χ0v) is 10.7. The van der Waals surface area contributed by atoms with Crippen LogP contribution < -0.4 is 0 Å². The Kier molecular flexibility index (Phi) is 2.76. The van der Waals surface area contributed by atoms with Gasteiger partial charge >= 0.3 is 0 Å². The lowest BCUT2D eigenvalue weighted by molar-refractivity contribution is 0.934. The molecule has 0 radical (unpaired) electrons. The third-order valence-corrected chi connectivity index (χ3v) is 3.23. The van der Waals surface area contributed by atoms with Gasteiger partial charge in [-0.1, -0.05) is 47.5 Å². The highest BCUT2D eigenvalue weighted by molar-refractivity contribution is 6.29. The maximum absolute atomic E-state index is 6.18. The van der Waals surface area contributed by atoms with E-state index in [1.807, 2.05) is 22.6 Å². The highest BCUT2D eigenvalue weighted by atomic mass is 35.5. The third-order valence-electron chi connectivity index (χ3n) is 2.93. The molecule has 0 spiro atoms. The molecule has 0 bridgehead atoms. The number of fused-ring (bicyclic) bond motifs is 1. The van der Waals surface area contributed by atoms with Crippen LogP contribution in [-0.4, -0.2) is 14.6 Å². The van der Waals surface area contributed by atoms with Crippen LogP contribution in [0.5, 0.6) is 0 Å². The zero-order valence-electron chi connectivity index (χ0n) is 9.97. The molecule has 3 aromatic rings. The molecule has 0 aliphatic carbocycles. The number of aryl methyl sites for hydroxylation is 1. The summed E-state index contributed by atoms with van der Waals surface area (Å²) in [4.78, 5) is 0. The average Bonchev–Trinajstić information content (AvgIpc) is 2.77. The lowest BCUT2D eigenvalue weighted by Gasteiger charge is -2.02. The van der Waals surface area contributed by atoms with E-state index in [1.54, 1.807) is 0 Å². The summed E-state index contributed by atoms with van der Waals surface area (Å²) in [5, 5.41) is 8.96. The molecule has 0 aliphatic heterocycles. The normalized spacial score (nSPS) is 11.0. The second-order valence-corrected chi connectivity index (χ2v) is 4.71. The second-order valence-electron chi connectivity index (χ2n) is 4.32. The Morgan fingerprint density at radius 3 is 2.61 bits per heavy atom. The fourth-order valence-corrected chi connectivity index (χ4v) is 2.22. The van der Waals surface area contributed by atoms with Gasteiger partial charge in [0.2, 0.25) is 0 Å². The van der Waals surface area contributed by atoms with Crippen LogP contribution in [0.1, 0.15) is 17.0 Å². The number of halogens is 1. The Balaban J connectivity index is 2.02. The van der Waals surface area contributed by atoms with Gasteiger partial charge in [-0.25, -0.2) is 0 Å². The summed E-state index contributed by atoms with van der Waals surface area (Å²) in [6.45, 7) is 2.08. The van der Waals surface area contributed by atoms with Crippen molar-refractivity contribution in [2.24, 2.45) is 0 Å². The molecule has 3 nitrogen and oxygen atoms in total. The van der Waals surface area contributed by atoms with E-state index in [9.17, 15) is 0 Å². The molecule has 4 heteroatoms. The molecule has 18 heavy (non-hydrogen) atoms. The van der Waals surface area contributed by atoms with E-state index < -0.39 is 0 Å². The van der Waals surface area contributed by atoms with Crippen LogP contribution in [0.4, 0.5) is 0 Å². The maximum atomic E-state index is 6.18. The molecule has 0 atom stereocenters. The quantitative estimate of drug-likeness (QED) is 0.660. The number of nitrogens with zero attached hydrogens (tertiary/aromatic N) is 3. The molecule has 0 aliphatic rings. The SMILES string of the molecule is Cc1ccc(Cc2nnc3cccc(Cl)n23)cc1. The van der Waals surface area contributed by atoms with E-state index >= 15 is 0 Å². The first-order chi connectivity index (χ1) is 8.74. The molecule has 90 valence electrons. The highest BCUT2D eigenvalue weighted by Crippen LogP contribution is 2.16. The molecule has 0 saturated carbocycles. The number of hydrogen-bond acceptors (Lipinski definition) is 2. The Bertz CT molecular complexity index is 686. The first kappa shape index (κ1) is 11.2. The van der Waals surface area contributed by atoms with Crippen molar-refractivity contribution in [1.29, 1.82) is 0 Å². The molecule has 3 rings (SSSR count). The molecule has 0 unspecified atom stereocenters. The minimum absolute atomic E-state index is 0.639. The van der Waals surface area contributed by atoms with Gasteiger partial charge in [0.15, 0.2) is 5.65 Å². The van der Waals surface area contributed by atoms with Crippen molar-refractivity contribution in [3.05, 3.63) is 64.6 Å². The standard InChI is InChI=1S/C14H12ClN3/c1-10-5-7-11(8-6-10)9-14-17-16-13-4-2-3-12(15)18(13)14/h2-8H,9H2,1H3. The summed E-state index contributed by atoms with van der Waals surface area (Å²) < 4.78 is 1.88. The van der Waals surface area contributed by atoms with Crippen LogP contribution in [-0.2, 0) is 6.42 Å². The van der Waals surface area contributed by atoms with Gasteiger partial charge in [-0.2, -0.15) is 0 Å². The van der Waals surface area contributed by atoms with Gasteiger partial charge in [-0.05, 0) is 24.6 Å². The van der Waals surface area contributed by atoms with Gasteiger partial charge in [0.25, 0.3) is 0 Å². The van der Waals surface area contributed by atoms with E-state index in [1.165, 1.54) is 11.1 Å². The molecular formula is C14H12ClN3. The number of pyridine rings is 1. The van der Waals surface area contributed by atoms with Crippen molar-refractivity contribution in [3.8, 4) is 0 Å². The van der Waals surface area contributed by atoms with Crippen molar-refractivity contribution < 1.29 is 0 Å². The molecule has 2 heterocycles. The monoisotopic (exact) mass is 257 g/mol. The molecular weight excluding hydrogens is 246 g/mol. The van der Waals surface area contributed by atoms with E-state index in [0.29, 0.717) is 5.15 Å². The predicted molar refractivity (Wildman–Crippen MR) is 72.0 cm³/mol. The molecule has 0 N–H and O–H groups in total. The lowest BCUT2D eigenvalue weighted by Crippen LogP contribution is -1.97. The summed E-state index contributed by atoms with van der Waals surface area (Å²) in [5.41, 5.74) is 3.24. The van der Waals surface area contributed by atoms with Gasteiger partial charge in [0.05, 0.1) is 0 Å². The number of rotatable bonds is 2. The van der Waals surface area contributed by atoms with Gasteiger partial charge < -0.3 is 0 Å². The van der Waals surface area contributed by atoms with Crippen LogP contribution in [0.15, 0.2) is 42.5 Å². The van der Waals surface area contributed by atoms with Crippen LogP contribution >= 0.6 is 11.6 Å². The fourth-order valence-electron chi connectivity index (χ4n) is 1.96. The fraction of sp³-hybridized carbons (Fsp3) is 0.143. The third kappa shape index (κ3) is 1.97. The minimum atomic E-state index is 0.639. The van der Waals surface area contributed by atoms with Crippen molar-refractivity contribution >= 4 is 17.2 Å². The average molecular weight is 258 g/mol. The van der Waals surface area contributed by atoms with E-state index in [-0.39, 0.29) is 0 Å². The summed E-state index contributed by atoms with van der Waals surface area (Å²) in [6.07, 6.45) is 0.727. The Morgan fingerprint density at radius 1 is 1.06 bits per heavy atom. The van der Waals surface area contributed by atoms with Crippen LogP contribution in [0, 0.1) is 6.92 Å². The summed E-state index contributed by atoms with van der Waals surface area (Å²) in [6, 6.07) is 14.0. The Labute approximate surface area is 110 Å². The van der Waals surface area contributed by atoms with Gasteiger partial charge in [-0.3, -0.25) is 4.40 Å². The number of aromatic nitrogens is 3. The van der Waals surface area contributed by atoms with Crippen molar-refractivity contribution in [2.45, 2.75) is 13.3 Å². The molecule has 1 aromatic carbocycles. The maximum Gasteiger partial charge on any atom is 0.161 e. The van der Waals surface area contributed by atoms with Gasteiger partial charge in [0.1, 0.15) is 11.0 Å². The summed E-state index contributed by atoms with van der Waals surface area (Å²) in [7, 11) is 0. The largest absolute Gasteiger partial charge is 0.269 e.